The van der Waals surface area contributed by atoms with Crippen molar-refractivity contribution in [3.8, 4) is 0 Å². The summed E-state index contributed by atoms with van der Waals surface area (Å²) in [5, 5.41) is 3.40. The summed E-state index contributed by atoms with van der Waals surface area (Å²) in [6.45, 7) is 3.91. The van der Waals surface area contributed by atoms with Gasteiger partial charge in [0.25, 0.3) is 5.91 Å². The quantitative estimate of drug-likeness (QED) is 0.817. The predicted octanol–water partition coefficient (Wildman–Crippen LogP) is 2.34. The highest BCUT2D eigenvalue weighted by molar-refractivity contribution is 7.15. The van der Waals surface area contributed by atoms with Gasteiger partial charge in [-0.15, -0.1) is 11.3 Å². The Labute approximate surface area is 91.4 Å². The van der Waals surface area contributed by atoms with E-state index in [4.69, 9.17) is 0 Å². The highest BCUT2D eigenvalue weighted by Gasteiger charge is 2.09. The van der Waals surface area contributed by atoms with E-state index >= 15 is 0 Å². The number of nitrogens with one attached hydrogen (secondary N) is 2. The fourth-order valence-electron chi connectivity index (χ4n) is 1.16. The lowest BCUT2D eigenvalue weighted by atomic mass is 10.3. The molecule has 5 heteroatoms. The van der Waals surface area contributed by atoms with Gasteiger partial charge in [-0.2, -0.15) is 0 Å². The number of nitrogens with zero attached hydrogens (tertiary/aromatic N) is 1. The molecular weight excluding hydrogens is 210 g/mol. The van der Waals surface area contributed by atoms with Crippen LogP contribution in [0.2, 0.25) is 0 Å². The van der Waals surface area contributed by atoms with Gasteiger partial charge in [0.1, 0.15) is 0 Å². The summed E-state index contributed by atoms with van der Waals surface area (Å²) in [6.07, 6.45) is 3.37. The molecule has 0 saturated heterocycles. The third-order valence-electron chi connectivity index (χ3n) is 2.11. The van der Waals surface area contributed by atoms with Crippen molar-refractivity contribution in [3.63, 3.8) is 0 Å². The van der Waals surface area contributed by atoms with E-state index in [-0.39, 0.29) is 5.91 Å². The molecule has 0 aromatic carbocycles. The molecular formula is C10H11N3OS. The van der Waals surface area contributed by atoms with Crippen molar-refractivity contribution >= 4 is 22.4 Å². The Hall–Kier alpha value is -1.62. The number of hydrogen-bond donors (Lipinski definition) is 2. The zero-order valence-corrected chi connectivity index (χ0v) is 9.31. The topological polar surface area (TPSA) is 57.8 Å². The number of amides is 1. The monoisotopic (exact) mass is 221 g/mol. The Kier molecular flexibility index (Phi) is 2.55. The van der Waals surface area contributed by atoms with Gasteiger partial charge in [0.05, 0.1) is 11.3 Å². The van der Waals surface area contributed by atoms with Gasteiger partial charge in [0, 0.05) is 17.3 Å². The molecule has 0 bridgehead atoms. The summed E-state index contributed by atoms with van der Waals surface area (Å²) in [6, 6.07) is 1.72. The van der Waals surface area contributed by atoms with Crippen LogP contribution in [0.5, 0.6) is 0 Å². The summed E-state index contributed by atoms with van der Waals surface area (Å²) in [4.78, 5) is 19.8. The van der Waals surface area contributed by atoms with Crippen LogP contribution in [-0.2, 0) is 0 Å². The molecule has 2 rings (SSSR count). The third kappa shape index (κ3) is 2.07. The number of aryl methyl sites for hydroxylation is 2. The highest BCUT2D eigenvalue weighted by atomic mass is 32.1. The maximum atomic E-state index is 11.6. The van der Waals surface area contributed by atoms with Crippen LogP contribution in [0, 0.1) is 13.8 Å². The average molecular weight is 221 g/mol. The van der Waals surface area contributed by atoms with Crippen molar-refractivity contribution in [1.82, 2.24) is 9.97 Å². The highest BCUT2D eigenvalue weighted by Crippen LogP contribution is 2.21. The van der Waals surface area contributed by atoms with Crippen molar-refractivity contribution in [2.45, 2.75) is 13.8 Å². The van der Waals surface area contributed by atoms with E-state index in [1.807, 2.05) is 13.8 Å². The molecule has 2 aromatic rings. The van der Waals surface area contributed by atoms with Gasteiger partial charge >= 0.3 is 0 Å². The van der Waals surface area contributed by atoms with Gasteiger partial charge in [-0.1, -0.05) is 0 Å². The number of anilines is 1. The van der Waals surface area contributed by atoms with Gasteiger partial charge in [0.15, 0.2) is 5.13 Å². The lowest BCUT2D eigenvalue weighted by Crippen LogP contribution is -2.10. The largest absolute Gasteiger partial charge is 0.367 e. The van der Waals surface area contributed by atoms with Crippen LogP contribution in [0.4, 0.5) is 5.13 Å². The minimum atomic E-state index is -0.134. The van der Waals surface area contributed by atoms with Crippen molar-refractivity contribution in [3.05, 3.63) is 34.6 Å². The molecule has 0 spiro atoms. The fourth-order valence-corrected chi connectivity index (χ4v) is 1.97. The second-order valence-electron chi connectivity index (χ2n) is 3.21. The molecule has 0 unspecified atom stereocenters. The van der Waals surface area contributed by atoms with Crippen molar-refractivity contribution in [2.24, 2.45) is 0 Å². The molecule has 2 N–H and O–H groups in total. The number of aromatic nitrogens is 2. The van der Waals surface area contributed by atoms with Crippen LogP contribution < -0.4 is 5.32 Å². The lowest BCUT2D eigenvalue weighted by molar-refractivity contribution is 0.102. The van der Waals surface area contributed by atoms with Gasteiger partial charge < -0.3 is 4.98 Å². The Balaban J connectivity index is 2.13. The number of rotatable bonds is 2. The Morgan fingerprint density at radius 2 is 2.33 bits per heavy atom. The molecule has 1 amide bonds. The smallest absolute Gasteiger partial charge is 0.258 e. The standard InChI is InChI=1S/C10H11N3OS/c1-6-7(2)15-10(12-6)13-9(14)8-3-4-11-5-8/h3-5,11H,1-2H3,(H,12,13,14). The second kappa shape index (κ2) is 3.86. The molecule has 0 radical (unpaired) electrons. The molecule has 78 valence electrons. The summed E-state index contributed by atoms with van der Waals surface area (Å²) in [7, 11) is 0. The van der Waals surface area contributed by atoms with E-state index in [2.05, 4.69) is 15.3 Å². The van der Waals surface area contributed by atoms with E-state index < -0.39 is 0 Å². The number of H-pyrrole nitrogens is 1. The zero-order chi connectivity index (χ0) is 10.8. The van der Waals surface area contributed by atoms with E-state index in [1.165, 1.54) is 11.3 Å². The summed E-state index contributed by atoms with van der Waals surface area (Å²) < 4.78 is 0. The molecule has 0 fully saturated rings. The summed E-state index contributed by atoms with van der Waals surface area (Å²) in [5.74, 6) is -0.134. The van der Waals surface area contributed by atoms with Crippen LogP contribution in [0.1, 0.15) is 20.9 Å². The minimum Gasteiger partial charge on any atom is -0.367 e. The van der Waals surface area contributed by atoms with Crippen molar-refractivity contribution < 1.29 is 4.79 Å². The molecule has 15 heavy (non-hydrogen) atoms. The maximum absolute atomic E-state index is 11.6. The number of carbonyl (C=O) groups excluding carboxylic acids is 1. The molecule has 0 aliphatic rings. The number of thiazole rings is 1. The second-order valence-corrected chi connectivity index (χ2v) is 4.42. The van der Waals surface area contributed by atoms with Gasteiger partial charge in [-0.25, -0.2) is 4.98 Å². The Morgan fingerprint density at radius 1 is 1.53 bits per heavy atom. The average Bonchev–Trinajstić information content (AvgIpc) is 2.77. The van der Waals surface area contributed by atoms with Gasteiger partial charge in [0.2, 0.25) is 0 Å². The lowest BCUT2D eigenvalue weighted by Gasteiger charge is -1.97. The van der Waals surface area contributed by atoms with Crippen molar-refractivity contribution in [1.29, 1.82) is 0 Å². The zero-order valence-electron chi connectivity index (χ0n) is 8.50. The first-order valence-electron chi connectivity index (χ1n) is 4.55. The van der Waals surface area contributed by atoms with E-state index in [9.17, 15) is 4.79 Å². The van der Waals surface area contributed by atoms with Crippen molar-refractivity contribution in [2.75, 3.05) is 5.32 Å². The van der Waals surface area contributed by atoms with Crippen LogP contribution in [0.25, 0.3) is 0 Å². The Morgan fingerprint density at radius 3 is 2.87 bits per heavy atom. The molecule has 0 aliphatic heterocycles. The van der Waals surface area contributed by atoms with Gasteiger partial charge in [-0.05, 0) is 19.9 Å². The molecule has 2 heterocycles. The van der Waals surface area contributed by atoms with E-state index in [0.717, 1.165) is 10.6 Å². The first-order chi connectivity index (χ1) is 7.16. The Bertz CT molecular complexity index is 453. The van der Waals surface area contributed by atoms with Crippen LogP contribution in [-0.4, -0.2) is 15.9 Å². The molecule has 0 aliphatic carbocycles. The third-order valence-corrected chi connectivity index (χ3v) is 3.10. The van der Waals surface area contributed by atoms with E-state index in [0.29, 0.717) is 10.7 Å². The SMILES string of the molecule is Cc1nc(NC(=O)c2cc[nH]c2)sc1C. The normalized spacial score (nSPS) is 10.3. The van der Waals surface area contributed by atoms with Crippen LogP contribution in [0.3, 0.4) is 0 Å². The minimum absolute atomic E-state index is 0.134. The molecule has 0 atom stereocenters. The van der Waals surface area contributed by atoms with Crippen LogP contribution >= 0.6 is 11.3 Å². The van der Waals surface area contributed by atoms with Gasteiger partial charge in [-0.3, -0.25) is 10.1 Å². The summed E-state index contributed by atoms with van der Waals surface area (Å²) in [5.41, 5.74) is 1.57. The maximum Gasteiger partial charge on any atom is 0.258 e. The van der Waals surface area contributed by atoms with E-state index in [1.54, 1.807) is 18.5 Å². The molecule has 2 aromatic heterocycles. The molecule has 4 nitrogen and oxygen atoms in total. The first-order valence-corrected chi connectivity index (χ1v) is 5.36. The summed E-state index contributed by atoms with van der Waals surface area (Å²) >= 11 is 1.49. The number of carbonyl (C=O) groups is 1. The first kappa shape index (κ1) is 9.92. The fraction of sp³-hybridized carbons (Fsp3) is 0.200. The van der Waals surface area contributed by atoms with Crippen LogP contribution in [0.15, 0.2) is 18.5 Å². The number of hydrogen-bond acceptors (Lipinski definition) is 3. The molecule has 0 saturated carbocycles. The predicted molar refractivity (Wildman–Crippen MR) is 60.3 cm³/mol. The number of aromatic amines is 1.